The number of carbonyl (C=O) groups excluding carboxylic acids is 1. The minimum absolute atomic E-state index is 0.257. The molecular weight excluding hydrogens is 229 g/mol. The second-order valence-electron chi connectivity index (χ2n) is 3.43. The molecule has 1 rings (SSSR count). The van der Waals surface area contributed by atoms with Gasteiger partial charge in [0, 0.05) is 16.3 Å². The van der Waals surface area contributed by atoms with Crippen LogP contribution in [0.1, 0.15) is 6.92 Å². The molecule has 0 aliphatic heterocycles. The first kappa shape index (κ1) is 12.8. The molecular formula is C11H14FNO2S. The lowest BCUT2D eigenvalue weighted by atomic mass is 10.2. The summed E-state index contributed by atoms with van der Waals surface area (Å²) in [5.74, 6) is -0.426. The van der Waals surface area contributed by atoms with E-state index in [4.69, 9.17) is 5.73 Å². The molecule has 0 aliphatic carbocycles. The number of thioether (sulfide) groups is 1. The fourth-order valence-corrected chi connectivity index (χ4v) is 2.04. The molecule has 0 spiro atoms. The zero-order chi connectivity index (χ0) is 12.1. The summed E-state index contributed by atoms with van der Waals surface area (Å²) in [4.78, 5) is 11.6. The zero-order valence-electron chi connectivity index (χ0n) is 9.20. The summed E-state index contributed by atoms with van der Waals surface area (Å²) < 4.78 is 18.0. The highest BCUT2D eigenvalue weighted by molar-refractivity contribution is 7.99. The van der Waals surface area contributed by atoms with Crippen molar-refractivity contribution in [3.63, 3.8) is 0 Å². The summed E-state index contributed by atoms with van der Waals surface area (Å²) in [7, 11) is 1.34. The van der Waals surface area contributed by atoms with Crippen LogP contribution in [0.25, 0.3) is 0 Å². The molecule has 1 atom stereocenters. The van der Waals surface area contributed by atoms with E-state index in [2.05, 4.69) is 4.74 Å². The number of methoxy groups -OCH3 is 1. The molecule has 0 radical (unpaired) electrons. The molecule has 5 heteroatoms. The Balaban J connectivity index is 2.58. The maximum absolute atomic E-state index is 13.4. The largest absolute Gasteiger partial charge is 0.469 e. The highest BCUT2D eigenvalue weighted by Gasteiger charge is 2.14. The van der Waals surface area contributed by atoms with Crippen molar-refractivity contribution in [2.24, 2.45) is 5.92 Å². The van der Waals surface area contributed by atoms with Gasteiger partial charge in [-0.2, -0.15) is 0 Å². The summed E-state index contributed by atoms with van der Waals surface area (Å²) in [6, 6.07) is 4.51. The molecule has 0 fully saturated rings. The Morgan fingerprint density at radius 1 is 1.62 bits per heavy atom. The number of ether oxygens (including phenoxy) is 1. The fraction of sp³-hybridized carbons (Fsp3) is 0.364. The number of esters is 1. The first-order valence-electron chi connectivity index (χ1n) is 4.80. The summed E-state index contributed by atoms with van der Waals surface area (Å²) in [6.07, 6.45) is 0. The van der Waals surface area contributed by atoms with E-state index in [1.165, 1.54) is 24.9 Å². The number of hydrogen-bond donors (Lipinski definition) is 1. The summed E-state index contributed by atoms with van der Waals surface area (Å²) in [5, 5.41) is 0. The normalized spacial score (nSPS) is 12.2. The Kier molecular flexibility index (Phi) is 4.61. The highest BCUT2D eigenvalue weighted by Crippen LogP contribution is 2.25. The van der Waals surface area contributed by atoms with Crippen molar-refractivity contribution in [3.05, 3.63) is 24.0 Å². The molecule has 1 aromatic carbocycles. The van der Waals surface area contributed by atoms with Gasteiger partial charge in [0.15, 0.2) is 0 Å². The van der Waals surface area contributed by atoms with Crippen LogP contribution in [-0.2, 0) is 9.53 Å². The Labute approximate surface area is 98.2 Å². The van der Waals surface area contributed by atoms with Gasteiger partial charge in [0.2, 0.25) is 0 Å². The van der Waals surface area contributed by atoms with E-state index < -0.39 is 0 Å². The van der Waals surface area contributed by atoms with Crippen molar-refractivity contribution in [1.82, 2.24) is 0 Å². The number of nitrogen functional groups attached to an aromatic ring is 1. The SMILES string of the molecule is COC(=O)C(C)CSc1ccc(N)cc1F. The Morgan fingerprint density at radius 2 is 2.31 bits per heavy atom. The summed E-state index contributed by atoms with van der Waals surface area (Å²) in [5.41, 5.74) is 5.82. The number of hydrogen-bond acceptors (Lipinski definition) is 4. The minimum Gasteiger partial charge on any atom is -0.469 e. The van der Waals surface area contributed by atoms with Gasteiger partial charge < -0.3 is 10.5 Å². The average molecular weight is 243 g/mol. The summed E-state index contributed by atoms with van der Waals surface area (Å²) >= 11 is 1.28. The average Bonchev–Trinajstić information content (AvgIpc) is 2.26. The molecule has 16 heavy (non-hydrogen) atoms. The number of carbonyl (C=O) groups is 1. The minimum atomic E-state index is -0.359. The molecule has 0 amide bonds. The van der Waals surface area contributed by atoms with Crippen molar-refractivity contribution in [3.8, 4) is 0 Å². The second-order valence-corrected chi connectivity index (χ2v) is 4.49. The van der Waals surface area contributed by atoms with Gasteiger partial charge in [0.05, 0.1) is 13.0 Å². The predicted molar refractivity (Wildman–Crippen MR) is 62.7 cm³/mol. The van der Waals surface area contributed by atoms with Crippen molar-refractivity contribution >= 4 is 23.4 Å². The van der Waals surface area contributed by atoms with Crippen LogP contribution in [0.15, 0.2) is 23.1 Å². The topological polar surface area (TPSA) is 52.3 Å². The van der Waals surface area contributed by atoms with Crippen LogP contribution < -0.4 is 5.73 Å². The van der Waals surface area contributed by atoms with Crippen molar-refractivity contribution in [2.75, 3.05) is 18.6 Å². The second kappa shape index (κ2) is 5.75. The first-order chi connectivity index (χ1) is 7.54. The molecule has 0 bridgehead atoms. The first-order valence-corrected chi connectivity index (χ1v) is 5.78. The van der Waals surface area contributed by atoms with Gasteiger partial charge in [-0.1, -0.05) is 6.92 Å². The van der Waals surface area contributed by atoms with E-state index in [1.54, 1.807) is 19.1 Å². The molecule has 1 unspecified atom stereocenters. The van der Waals surface area contributed by atoms with Crippen molar-refractivity contribution in [2.45, 2.75) is 11.8 Å². The van der Waals surface area contributed by atoms with Crippen molar-refractivity contribution < 1.29 is 13.9 Å². The standard InChI is InChI=1S/C11H14FNO2S/c1-7(11(14)15-2)6-16-10-4-3-8(13)5-9(10)12/h3-5,7H,6,13H2,1-2H3. The zero-order valence-corrected chi connectivity index (χ0v) is 10.0. The fourth-order valence-electron chi connectivity index (χ4n) is 1.12. The molecule has 0 saturated heterocycles. The van der Waals surface area contributed by atoms with E-state index in [-0.39, 0.29) is 17.7 Å². The lowest BCUT2D eigenvalue weighted by Crippen LogP contribution is -2.14. The van der Waals surface area contributed by atoms with E-state index in [9.17, 15) is 9.18 Å². The molecule has 0 heterocycles. The maximum atomic E-state index is 13.4. The lowest BCUT2D eigenvalue weighted by Gasteiger charge is -2.09. The Bertz CT molecular complexity index is 384. The third-order valence-electron chi connectivity index (χ3n) is 2.05. The molecule has 88 valence electrons. The molecule has 0 aromatic heterocycles. The number of rotatable bonds is 4. The molecule has 1 aromatic rings. The molecule has 3 nitrogen and oxygen atoms in total. The van der Waals surface area contributed by atoms with Crippen LogP contribution in [0.3, 0.4) is 0 Å². The number of nitrogens with two attached hydrogens (primary N) is 1. The summed E-state index contributed by atoms with van der Waals surface area (Å²) in [6.45, 7) is 1.74. The van der Waals surface area contributed by atoms with Crippen LogP contribution in [0.2, 0.25) is 0 Å². The van der Waals surface area contributed by atoms with Crippen LogP contribution in [0.5, 0.6) is 0 Å². The maximum Gasteiger partial charge on any atom is 0.309 e. The monoisotopic (exact) mass is 243 g/mol. The van der Waals surface area contributed by atoms with Gasteiger partial charge in [0.25, 0.3) is 0 Å². The van der Waals surface area contributed by atoms with Gasteiger partial charge in [-0.15, -0.1) is 11.8 Å². The third-order valence-corrected chi connectivity index (χ3v) is 3.36. The molecule has 0 saturated carbocycles. The molecule has 0 aliphatic rings. The smallest absolute Gasteiger partial charge is 0.309 e. The van der Waals surface area contributed by atoms with Crippen molar-refractivity contribution in [1.29, 1.82) is 0 Å². The number of benzene rings is 1. The predicted octanol–water partition coefficient (Wildman–Crippen LogP) is 2.31. The van der Waals surface area contributed by atoms with Gasteiger partial charge in [-0.25, -0.2) is 4.39 Å². The lowest BCUT2D eigenvalue weighted by molar-refractivity contribution is -0.143. The number of anilines is 1. The van der Waals surface area contributed by atoms with Gasteiger partial charge in [-0.05, 0) is 18.2 Å². The van der Waals surface area contributed by atoms with Crippen LogP contribution in [0.4, 0.5) is 10.1 Å². The van der Waals surface area contributed by atoms with Gasteiger partial charge in [-0.3, -0.25) is 4.79 Å². The highest BCUT2D eigenvalue weighted by atomic mass is 32.2. The van der Waals surface area contributed by atoms with Crippen LogP contribution in [-0.4, -0.2) is 18.8 Å². The van der Waals surface area contributed by atoms with E-state index >= 15 is 0 Å². The quantitative estimate of drug-likeness (QED) is 0.501. The van der Waals surface area contributed by atoms with Crippen LogP contribution in [0, 0.1) is 11.7 Å². The van der Waals surface area contributed by atoms with Gasteiger partial charge >= 0.3 is 5.97 Å². The molecule has 2 N–H and O–H groups in total. The third kappa shape index (κ3) is 3.41. The van der Waals surface area contributed by atoms with E-state index in [0.29, 0.717) is 16.3 Å². The number of halogens is 1. The van der Waals surface area contributed by atoms with Gasteiger partial charge in [0.1, 0.15) is 5.82 Å². The Hall–Kier alpha value is -1.23. The van der Waals surface area contributed by atoms with Crippen LogP contribution >= 0.6 is 11.8 Å². The van der Waals surface area contributed by atoms with E-state index in [0.717, 1.165) is 0 Å². The Morgan fingerprint density at radius 3 is 2.88 bits per heavy atom. The van der Waals surface area contributed by atoms with E-state index in [1.807, 2.05) is 0 Å².